The summed E-state index contributed by atoms with van der Waals surface area (Å²) in [5.41, 5.74) is 3.69. The second kappa shape index (κ2) is 8.47. The van der Waals surface area contributed by atoms with E-state index in [-0.39, 0.29) is 11.6 Å². The fourth-order valence-electron chi connectivity index (χ4n) is 3.31. The normalized spacial score (nSPS) is 10.3. The number of anilines is 1. The number of esters is 1. The van der Waals surface area contributed by atoms with Crippen LogP contribution >= 0.6 is 0 Å². The van der Waals surface area contributed by atoms with Gasteiger partial charge in [0.05, 0.1) is 29.9 Å². The van der Waals surface area contributed by atoms with Crippen LogP contribution in [0, 0.1) is 11.3 Å². The molecule has 31 heavy (non-hydrogen) atoms. The molecular weight excluding hydrogens is 390 g/mol. The Morgan fingerprint density at radius 3 is 2.39 bits per heavy atom. The van der Waals surface area contributed by atoms with E-state index in [9.17, 15) is 9.59 Å². The molecule has 0 radical (unpaired) electrons. The number of methoxy groups -OCH3 is 1. The molecule has 0 unspecified atom stereocenters. The molecule has 0 fully saturated rings. The Bertz CT molecular complexity index is 1320. The number of amides is 1. The predicted molar refractivity (Wildman–Crippen MR) is 118 cm³/mol. The number of carbonyl (C=O) groups excluding carboxylic acids is 2. The van der Waals surface area contributed by atoms with Crippen molar-refractivity contribution in [2.24, 2.45) is 0 Å². The van der Waals surface area contributed by atoms with Crippen LogP contribution in [0.15, 0.2) is 78.9 Å². The molecule has 6 heteroatoms. The Hall–Kier alpha value is -4.50. The third-order valence-corrected chi connectivity index (χ3v) is 4.84. The predicted octanol–water partition coefficient (Wildman–Crippen LogP) is 4.81. The summed E-state index contributed by atoms with van der Waals surface area (Å²) in [5.74, 6) is -0.907. The van der Waals surface area contributed by atoms with E-state index in [2.05, 4.69) is 10.3 Å². The quantitative estimate of drug-likeness (QED) is 0.490. The number of hydrogen-bond acceptors (Lipinski definition) is 5. The molecule has 1 aromatic heterocycles. The molecule has 6 nitrogen and oxygen atoms in total. The minimum atomic E-state index is -0.563. The summed E-state index contributed by atoms with van der Waals surface area (Å²) in [6.45, 7) is 0. The average Bonchev–Trinajstić information content (AvgIpc) is 2.83. The number of benzene rings is 3. The number of pyridine rings is 1. The van der Waals surface area contributed by atoms with E-state index in [1.807, 2.05) is 48.5 Å². The molecule has 1 N–H and O–H groups in total. The molecule has 0 saturated carbocycles. The van der Waals surface area contributed by atoms with Crippen LogP contribution in [0.2, 0.25) is 0 Å². The summed E-state index contributed by atoms with van der Waals surface area (Å²) in [6.07, 6.45) is 0. The van der Waals surface area contributed by atoms with Crippen molar-refractivity contribution in [3.8, 4) is 17.2 Å². The summed E-state index contributed by atoms with van der Waals surface area (Å²) in [5, 5.41) is 12.6. The molecular formula is C25H17N3O3. The minimum absolute atomic E-state index is 0.147. The lowest BCUT2D eigenvalue weighted by Gasteiger charge is -2.13. The second-order valence-corrected chi connectivity index (χ2v) is 6.76. The molecule has 3 aromatic carbocycles. The highest BCUT2D eigenvalue weighted by atomic mass is 16.5. The number of hydrogen-bond donors (Lipinski definition) is 1. The standard InChI is InChI=1S/C25H17N3O3/c1-31-25(30)22-14-20(17-6-3-2-4-7-17)19-8-5-9-21(23(19)27-22)28-24(29)18-12-10-16(15-26)11-13-18/h2-14H,1H3,(H,28,29). The van der Waals surface area contributed by atoms with Crippen molar-refractivity contribution < 1.29 is 14.3 Å². The third-order valence-electron chi connectivity index (χ3n) is 4.84. The van der Waals surface area contributed by atoms with Gasteiger partial charge in [-0.15, -0.1) is 0 Å². The number of fused-ring (bicyclic) bond motifs is 1. The first kappa shape index (κ1) is 19.8. The van der Waals surface area contributed by atoms with Gasteiger partial charge in [-0.05, 0) is 47.5 Å². The molecule has 0 aliphatic heterocycles. The lowest BCUT2D eigenvalue weighted by Crippen LogP contribution is -2.13. The van der Waals surface area contributed by atoms with Crippen LogP contribution in [0.1, 0.15) is 26.4 Å². The van der Waals surface area contributed by atoms with E-state index in [1.165, 1.54) is 7.11 Å². The van der Waals surface area contributed by atoms with Gasteiger partial charge in [0.2, 0.25) is 0 Å². The zero-order valence-electron chi connectivity index (χ0n) is 16.6. The maximum atomic E-state index is 12.8. The number of rotatable bonds is 4. The summed E-state index contributed by atoms with van der Waals surface area (Å²) in [4.78, 5) is 29.5. The summed E-state index contributed by atoms with van der Waals surface area (Å²) in [7, 11) is 1.30. The van der Waals surface area contributed by atoms with Gasteiger partial charge in [-0.3, -0.25) is 4.79 Å². The molecule has 150 valence electrons. The first-order chi connectivity index (χ1) is 15.1. The SMILES string of the molecule is COC(=O)c1cc(-c2ccccc2)c2cccc(NC(=O)c3ccc(C#N)cc3)c2n1. The van der Waals surface area contributed by atoms with Gasteiger partial charge in [-0.1, -0.05) is 42.5 Å². The molecule has 0 atom stereocenters. The number of nitrogens with one attached hydrogen (secondary N) is 1. The Kier molecular flexibility index (Phi) is 5.41. The molecule has 0 aliphatic rings. The number of nitrogens with zero attached hydrogens (tertiary/aromatic N) is 2. The van der Waals surface area contributed by atoms with E-state index in [1.54, 1.807) is 36.4 Å². The monoisotopic (exact) mass is 407 g/mol. The van der Waals surface area contributed by atoms with Crippen LogP contribution in [-0.4, -0.2) is 24.0 Å². The number of para-hydroxylation sites is 1. The first-order valence-corrected chi connectivity index (χ1v) is 9.49. The van der Waals surface area contributed by atoms with Gasteiger partial charge < -0.3 is 10.1 Å². The fraction of sp³-hybridized carbons (Fsp3) is 0.0400. The maximum absolute atomic E-state index is 12.8. The summed E-state index contributed by atoms with van der Waals surface area (Å²) < 4.78 is 4.87. The lowest BCUT2D eigenvalue weighted by molar-refractivity contribution is 0.0594. The second-order valence-electron chi connectivity index (χ2n) is 6.76. The van der Waals surface area contributed by atoms with E-state index in [0.29, 0.717) is 22.3 Å². The molecule has 0 spiro atoms. The van der Waals surface area contributed by atoms with Gasteiger partial charge in [0.25, 0.3) is 5.91 Å². The highest BCUT2D eigenvalue weighted by Gasteiger charge is 2.17. The number of nitriles is 1. The highest BCUT2D eigenvalue weighted by Crippen LogP contribution is 2.32. The molecule has 4 aromatic rings. The van der Waals surface area contributed by atoms with E-state index >= 15 is 0 Å². The Balaban J connectivity index is 1.83. The number of carbonyl (C=O) groups is 2. The van der Waals surface area contributed by atoms with Crippen LogP contribution in [0.5, 0.6) is 0 Å². The van der Waals surface area contributed by atoms with Gasteiger partial charge in [0.1, 0.15) is 5.69 Å². The van der Waals surface area contributed by atoms with Crippen LogP contribution in [-0.2, 0) is 4.74 Å². The van der Waals surface area contributed by atoms with Crippen molar-refractivity contribution in [1.82, 2.24) is 4.98 Å². The van der Waals surface area contributed by atoms with Crippen molar-refractivity contribution >= 4 is 28.5 Å². The topological polar surface area (TPSA) is 92.1 Å². The van der Waals surface area contributed by atoms with Gasteiger partial charge >= 0.3 is 5.97 Å². The Labute approximate surface area is 178 Å². The van der Waals surface area contributed by atoms with E-state index in [4.69, 9.17) is 10.00 Å². The smallest absolute Gasteiger partial charge is 0.356 e. The molecule has 0 bridgehead atoms. The maximum Gasteiger partial charge on any atom is 0.356 e. The number of aromatic nitrogens is 1. The third kappa shape index (κ3) is 3.98. The van der Waals surface area contributed by atoms with Gasteiger partial charge in [0, 0.05) is 10.9 Å². The molecule has 4 rings (SSSR count). The molecule has 1 amide bonds. The molecule has 0 aliphatic carbocycles. The summed E-state index contributed by atoms with van der Waals surface area (Å²) in [6, 6.07) is 25.1. The fourth-order valence-corrected chi connectivity index (χ4v) is 3.31. The van der Waals surface area contributed by atoms with Crippen molar-refractivity contribution in [2.45, 2.75) is 0 Å². The molecule has 0 saturated heterocycles. The molecule has 1 heterocycles. The van der Waals surface area contributed by atoms with Gasteiger partial charge in [-0.2, -0.15) is 5.26 Å². The lowest BCUT2D eigenvalue weighted by atomic mass is 9.99. The van der Waals surface area contributed by atoms with Crippen molar-refractivity contribution in [1.29, 1.82) is 5.26 Å². The zero-order valence-corrected chi connectivity index (χ0v) is 16.6. The minimum Gasteiger partial charge on any atom is -0.464 e. The average molecular weight is 407 g/mol. The Morgan fingerprint density at radius 1 is 0.968 bits per heavy atom. The zero-order chi connectivity index (χ0) is 21.8. The van der Waals surface area contributed by atoms with Crippen molar-refractivity contribution in [3.05, 3.63) is 95.7 Å². The van der Waals surface area contributed by atoms with Crippen molar-refractivity contribution in [2.75, 3.05) is 12.4 Å². The van der Waals surface area contributed by atoms with Gasteiger partial charge in [-0.25, -0.2) is 9.78 Å². The largest absolute Gasteiger partial charge is 0.464 e. The van der Waals surface area contributed by atoms with E-state index < -0.39 is 5.97 Å². The van der Waals surface area contributed by atoms with Crippen LogP contribution in [0.4, 0.5) is 5.69 Å². The first-order valence-electron chi connectivity index (χ1n) is 9.49. The van der Waals surface area contributed by atoms with Crippen molar-refractivity contribution in [3.63, 3.8) is 0 Å². The van der Waals surface area contributed by atoms with Crippen LogP contribution in [0.3, 0.4) is 0 Å². The highest BCUT2D eigenvalue weighted by molar-refractivity contribution is 6.11. The van der Waals surface area contributed by atoms with Crippen LogP contribution in [0.25, 0.3) is 22.0 Å². The number of ether oxygens (including phenoxy) is 1. The van der Waals surface area contributed by atoms with E-state index in [0.717, 1.165) is 16.5 Å². The Morgan fingerprint density at radius 2 is 1.71 bits per heavy atom. The van der Waals surface area contributed by atoms with Gasteiger partial charge in [0.15, 0.2) is 0 Å². The summed E-state index contributed by atoms with van der Waals surface area (Å²) >= 11 is 0. The van der Waals surface area contributed by atoms with Crippen LogP contribution < -0.4 is 5.32 Å².